The lowest BCUT2D eigenvalue weighted by Crippen LogP contribution is -2.28. The van der Waals surface area contributed by atoms with Gasteiger partial charge in [0.15, 0.2) is 11.6 Å². The Morgan fingerprint density at radius 1 is 1.16 bits per heavy atom. The molecule has 9 heteroatoms. The summed E-state index contributed by atoms with van der Waals surface area (Å²) in [6.07, 6.45) is 1.43. The van der Waals surface area contributed by atoms with Crippen LogP contribution in [-0.4, -0.2) is 35.6 Å². The van der Waals surface area contributed by atoms with Gasteiger partial charge in [-0.2, -0.15) is 0 Å². The third-order valence-electron chi connectivity index (χ3n) is 4.46. The molecule has 1 heterocycles. The smallest absolute Gasteiger partial charge is 0.335 e. The van der Waals surface area contributed by atoms with Crippen LogP contribution < -0.4 is 9.64 Å². The zero-order valence-corrected chi connectivity index (χ0v) is 18.0. The summed E-state index contributed by atoms with van der Waals surface area (Å²) in [7, 11) is 1.42. The maximum Gasteiger partial charge on any atom is 0.335 e. The molecular formula is C22H17Cl2FN2O4. The molecule has 0 saturated carbocycles. The van der Waals surface area contributed by atoms with Crippen LogP contribution >= 0.6 is 23.2 Å². The van der Waals surface area contributed by atoms with Crippen LogP contribution in [0.25, 0.3) is 11.1 Å². The van der Waals surface area contributed by atoms with Crippen LogP contribution in [0.2, 0.25) is 10.0 Å². The zero-order chi connectivity index (χ0) is 22.7. The van der Waals surface area contributed by atoms with Gasteiger partial charge in [-0.3, -0.25) is 9.69 Å². The topological polar surface area (TPSA) is 79.7 Å². The van der Waals surface area contributed by atoms with Crippen LogP contribution in [0.1, 0.15) is 27.6 Å². The maximum atomic E-state index is 14.2. The Hall–Kier alpha value is -3.16. The minimum Gasteiger partial charge on any atom is -0.490 e. The second-order valence-electron chi connectivity index (χ2n) is 6.44. The molecule has 0 unspecified atom stereocenters. The van der Waals surface area contributed by atoms with E-state index >= 15 is 0 Å². The first-order chi connectivity index (χ1) is 14.7. The summed E-state index contributed by atoms with van der Waals surface area (Å²) in [5, 5.41) is 9.55. The molecule has 0 atom stereocenters. The molecule has 0 saturated heterocycles. The van der Waals surface area contributed by atoms with Crippen molar-refractivity contribution in [3.8, 4) is 16.9 Å². The number of hydrogen-bond donors (Lipinski definition) is 1. The van der Waals surface area contributed by atoms with Crippen LogP contribution in [0.15, 0.2) is 48.7 Å². The van der Waals surface area contributed by atoms with E-state index in [9.17, 15) is 19.1 Å². The fraction of sp³-hybridized carbons (Fsp3) is 0.136. The van der Waals surface area contributed by atoms with E-state index in [1.54, 1.807) is 13.0 Å². The van der Waals surface area contributed by atoms with E-state index in [0.29, 0.717) is 16.1 Å². The number of aromatic nitrogens is 1. The van der Waals surface area contributed by atoms with E-state index < -0.39 is 17.7 Å². The molecule has 3 aromatic rings. The summed E-state index contributed by atoms with van der Waals surface area (Å²) < 4.78 is 19.9. The Morgan fingerprint density at radius 2 is 1.90 bits per heavy atom. The number of carboxylic acid groups (broad SMARTS) is 1. The van der Waals surface area contributed by atoms with E-state index in [2.05, 4.69) is 4.98 Å². The number of anilines is 1. The molecule has 1 N–H and O–H groups in total. The molecule has 6 nitrogen and oxygen atoms in total. The number of ether oxygens (including phenoxy) is 1. The summed E-state index contributed by atoms with van der Waals surface area (Å²) in [6.45, 7) is 2.02. The second-order valence-corrected chi connectivity index (χ2v) is 7.25. The van der Waals surface area contributed by atoms with Crippen molar-refractivity contribution in [2.24, 2.45) is 0 Å². The van der Waals surface area contributed by atoms with Crippen LogP contribution in [0.4, 0.5) is 10.2 Å². The van der Waals surface area contributed by atoms with E-state index in [1.165, 1.54) is 43.6 Å². The number of halogens is 3. The van der Waals surface area contributed by atoms with Crippen LogP contribution in [0, 0.1) is 5.82 Å². The molecule has 0 bridgehead atoms. The number of rotatable bonds is 6. The Bertz CT molecular complexity index is 1150. The van der Waals surface area contributed by atoms with Gasteiger partial charge in [0.2, 0.25) is 0 Å². The van der Waals surface area contributed by atoms with Crippen molar-refractivity contribution in [3.05, 3.63) is 75.7 Å². The number of carbonyl (C=O) groups is 2. The third kappa shape index (κ3) is 4.62. The van der Waals surface area contributed by atoms with E-state index in [4.69, 9.17) is 27.9 Å². The second kappa shape index (κ2) is 9.32. The number of aromatic carboxylic acids is 1. The van der Waals surface area contributed by atoms with E-state index in [-0.39, 0.29) is 34.3 Å². The molecular weight excluding hydrogens is 446 g/mol. The summed E-state index contributed by atoms with van der Waals surface area (Å²) in [5.74, 6) is -2.17. The van der Waals surface area contributed by atoms with Crippen molar-refractivity contribution < 1.29 is 23.8 Å². The normalized spacial score (nSPS) is 10.6. The van der Waals surface area contributed by atoms with Gasteiger partial charge in [0.25, 0.3) is 5.91 Å². The van der Waals surface area contributed by atoms with Gasteiger partial charge in [-0.1, -0.05) is 29.3 Å². The Morgan fingerprint density at radius 3 is 2.55 bits per heavy atom. The molecule has 1 aromatic heterocycles. The molecule has 1 amide bonds. The highest BCUT2D eigenvalue weighted by molar-refractivity contribution is 6.34. The number of nitrogens with zero attached hydrogens (tertiary/aromatic N) is 2. The van der Waals surface area contributed by atoms with Crippen molar-refractivity contribution in [2.45, 2.75) is 6.92 Å². The molecule has 0 radical (unpaired) electrons. The molecule has 160 valence electrons. The fourth-order valence-corrected chi connectivity index (χ4v) is 3.41. The van der Waals surface area contributed by atoms with E-state index in [0.717, 1.165) is 11.0 Å². The number of carbonyl (C=O) groups excluding carboxylic acids is 1. The van der Waals surface area contributed by atoms with Crippen molar-refractivity contribution in [2.75, 3.05) is 18.6 Å². The van der Waals surface area contributed by atoms with Crippen molar-refractivity contribution >= 4 is 40.9 Å². The third-order valence-corrected chi connectivity index (χ3v) is 5.10. The van der Waals surface area contributed by atoms with Gasteiger partial charge < -0.3 is 9.84 Å². The molecule has 0 aliphatic heterocycles. The average Bonchev–Trinajstić information content (AvgIpc) is 2.73. The summed E-state index contributed by atoms with van der Waals surface area (Å²) in [4.78, 5) is 29.6. The van der Waals surface area contributed by atoms with Gasteiger partial charge in [0.05, 0.1) is 22.8 Å². The molecule has 0 fully saturated rings. The predicted molar refractivity (Wildman–Crippen MR) is 117 cm³/mol. The summed E-state index contributed by atoms with van der Waals surface area (Å²) >= 11 is 12.3. The zero-order valence-electron chi connectivity index (χ0n) is 16.5. The first kappa shape index (κ1) is 22.5. The SMILES string of the molecule is CCOc1cc(-c2cc(C(=O)O)ccc2Cl)cnc1N(C)C(=O)c1c(F)cccc1Cl. The predicted octanol–water partition coefficient (Wildman–Crippen LogP) is 5.57. The average molecular weight is 463 g/mol. The number of amides is 1. The van der Waals surface area contributed by atoms with Gasteiger partial charge in [-0.25, -0.2) is 14.2 Å². The van der Waals surface area contributed by atoms with Crippen molar-refractivity contribution in [1.29, 1.82) is 0 Å². The molecule has 3 rings (SSSR count). The lowest BCUT2D eigenvalue weighted by molar-refractivity contribution is 0.0696. The highest BCUT2D eigenvalue weighted by Crippen LogP contribution is 2.35. The lowest BCUT2D eigenvalue weighted by atomic mass is 10.0. The lowest BCUT2D eigenvalue weighted by Gasteiger charge is -2.21. The summed E-state index contributed by atoms with van der Waals surface area (Å²) in [6, 6.07) is 9.85. The highest BCUT2D eigenvalue weighted by atomic mass is 35.5. The van der Waals surface area contributed by atoms with E-state index in [1.807, 2.05) is 0 Å². The Balaban J connectivity index is 2.06. The van der Waals surface area contributed by atoms with Gasteiger partial charge in [-0.05, 0) is 43.3 Å². The Labute approximate surface area is 187 Å². The molecule has 0 aliphatic carbocycles. The quantitative estimate of drug-likeness (QED) is 0.517. The number of pyridine rings is 1. The minimum atomic E-state index is -1.10. The van der Waals surface area contributed by atoms with Crippen molar-refractivity contribution in [3.63, 3.8) is 0 Å². The summed E-state index contributed by atoms with van der Waals surface area (Å²) in [5.41, 5.74) is 0.706. The molecule has 31 heavy (non-hydrogen) atoms. The van der Waals surface area contributed by atoms with Crippen molar-refractivity contribution in [1.82, 2.24) is 4.98 Å². The van der Waals surface area contributed by atoms with Gasteiger partial charge in [-0.15, -0.1) is 0 Å². The number of carboxylic acids is 1. The monoisotopic (exact) mass is 462 g/mol. The van der Waals surface area contributed by atoms with Gasteiger partial charge in [0.1, 0.15) is 5.82 Å². The maximum absolute atomic E-state index is 14.2. The highest BCUT2D eigenvalue weighted by Gasteiger charge is 2.24. The standard InChI is InChI=1S/C22H17Cl2FN2O4/c1-3-31-18-10-13(14-9-12(22(29)30)7-8-15(14)23)11-26-20(18)27(2)21(28)19-16(24)5-4-6-17(19)25/h4-11H,3H2,1-2H3,(H,29,30). The largest absolute Gasteiger partial charge is 0.490 e. The molecule has 0 aliphatic rings. The van der Waals surface area contributed by atoms with Crippen LogP contribution in [0.5, 0.6) is 5.75 Å². The number of benzene rings is 2. The number of hydrogen-bond acceptors (Lipinski definition) is 4. The van der Waals surface area contributed by atoms with Gasteiger partial charge in [0, 0.05) is 29.4 Å². The van der Waals surface area contributed by atoms with Crippen LogP contribution in [-0.2, 0) is 0 Å². The van der Waals surface area contributed by atoms with Gasteiger partial charge >= 0.3 is 5.97 Å². The van der Waals surface area contributed by atoms with Crippen LogP contribution in [0.3, 0.4) is 0 Å². The molecule has 2 aromatic carbocycles. The Kier molecular flexibility index (Phi) is 6.77. The minimum absolute atomic E-state index is 0.0244. The first-order valence-electron chi connectivity index (χ1n) is 9.12. The first-order valence-corrected chi connectivity index (χ1v) is 9.88. The fourth-order valence-electron chi connectivity index (χ4n) is 2.94. The molecule has 0 spiro atoms.